The van der Waals surface area contributed by atoms with Gasteiger partial charge in [0, 0.05) is 17.1 Å². The second kappa shape index (κ2) is 7.71. The van der Waals surface area contributed by atoms with Gasteiger partial charge >= 0.3 is 0 Å². The lowest BCUT2D eigenvalue weighted by Gasteiger charge is -2.11. The zero-order valence-corrected chi connectivity index (χ0v) is 14.0. The Kier molecular flexibility index (Phi) is 5.68. The molecule has 0 atom stereocenters. The summed E-state index contributed by atoms with van der Waals surface area (Å²) in [7, 11) is 3.17. The average Bonchev–Trinajstić information content (AvgIpc) is 2.92. The highest BCUT2D eigenvalue weighted by Gasteiger charge is 2.05. The van der Waals surface area contributed by atoms with Crippen molar-refractivity contribution in [2.75, 3.05) is 19.5 Å². The standard InChI is InChI=1S/C14H16N4O2S2/c1-9-16-11(8-22-9)7-15-18-14(21)17-10-4-5-12(19-2)13(6-10)20-3/h4-8H,1-3H3,(H2,17,18,21)/b15-7-. The van der Waals surface area contributed by atoms with E-state index in [2.05, 4.69) is 20.8 Å². The first-order valence-corrected chi connectivity index (χ1v) is 7.65. The largest absolute Gasteiger partial charge is 0.493 e. The van der Waals surface area contributed by atoms with Crippen molar-refractivity contribution in [3.63, 3.8) is 0 Å². The Labute approximate surface area is 138 Å². The number of hydrazone groups is 1. The second-order valence-electron chi connectivity index (χ2n) is 4.19. The fourth-order valence-corrected chi connectivity index (χ4v) is 2.40. The Balaban J connectivity index is 1.93. The molecule has 116 valence electrons. The van der Waals surface area contributed by atoms with Crippen molar-refractivity contribution in [2.45, 2.75) is 6.92 Å². The van der Waals surface area contributed by atoms with Crippen LogP contribution in [0.15, 0.2) is 28.7 Å². The predicted octanol–water partition coefficient (Wildman–Crippen LogP) is 2.79. The van der Waals surface area contributed by atoms with Crippen LogP contribution in [0.25, 0.3) is 0 Å². The van der Waals surface area contributed by atoms with Gasteiger partial charge in [-0.1, -0.05) is 0 Å². The molecule has 0 radical (unpaired) electrons. The first kappa shape index (κ1) is 16.2. The van der Waals surface area contributed by atoms with Gasteiger partial charge in [-0.25, -0.2) is 4.98 Å². The van der Waals surface area contributed by atoms with Gasteiger partial charge in [-0.05, 0) is 31.3 Å². The molecule has 1 aromatic heterocycles. The number of nitrogens with one attached hydrogen (secondary N) is 2. The number of thiocarbonyl (C=S) groups is 1. The summed E-state index contributed by atoms with van der Waals surface area (Å²) in [6, 6.07) is 5.42. The highest BCUT2D eigenvalue weighted by Crippen LogP contribution is 2.29. The Morgan fingerprint density at radius 3 is 2.73 bits per heavy atom. The van der Waals surface area contributed by atoms with Gasteiger partial charge in [0.2, 0.25) is 0 Å². The zero-order chi connectivity index (χ0) is 15.9. The number of methoxy groups -OCH3 is 2. The Morgan fingerprint density at radius 1 is 1.32 bits per heavy atom. The molecule has 0 aliphatic carbocycles. The van der Waals surface area contributed by atoms with Crippen molar-refractivity contribution in [1.82, 2.24) is 10.4 Å². The van der Waals surface area contributed by atoms with Crippen molar-refractivity contribution in [1.29, 1.82) is 0 Å². The number of hydrogen-bond acceptors (Lipinski definition) is 6. The number of hydrogen-bond donors (Lipinski definition) is 2. The molecular weight excluding hydrogens is 320 g/mol. The fraction of sp³-hybridized carbons (Fsp3) is 0.214. The molecule has 0 unspecified atom stereocenters. The summed E-state index contributed by atoms with van der Waals surface area (Å²) in [5.74, 6) is 1.28. The van der Waals surface area contributed by atoms with Crippen LogP contribution in [0.2, 0.25) is 0 Å². The van der Waals surface area contributed by atoms with Crippen LogP contribution in [0.5, 0.6) is 11.5 Å². The highest BCUT2D eigenvalue weighted by molar-refractivity contribution is 7.80. The monoisotopic (exact) mass is 336 g/mol. The first-order chi connectivity index (χ1) is 10.6. The van der Waals surface area contributed by atoms with Gasteiger partial charge < -0.3 is 14.8 Å². The van der Waals surface area contributed by atoms with Crippen LogP contribution in [0.3, 0.4) is 0 Å². The summed E-state index contributed by atoms with van der Waals surface area (Å²) in [5, 5.41) is 10.3. The minimum atomic E-state index is 0.371. The van der Waals surface area contributed by atoms with E-state index in [-0.39, 0.29) is 0 Å². The van der Waals surface area contributed by atoms with Crippen molar-refractivity contribution >= 4 is 40.6 Å². The minimum Gasteiger partial charge on any atom is -0.493 e. The molecule has 2 aromatic rings. The van der Waals surface area contributed by atoms with Gasteiger partial charge in [0.05, 0.1) is 31.1 Å². The van der Waals surface area contributed by atoms with Crippen molar-refractivity contribution < 1.29 is 9.47 Å². The van der Waals surface area contributed by atoms with Crippen LogP contribution in [0, 0.1) is 6.92 Å². The van der Waals surface area contributed by atoms with E-state index < -0.39 is 0 Å². The molecule has 0 fully saturated rings. The van der Waals surface area contributed by atoms with Crippen LogP contribution < -0.4 is 20.2 Å². The molecule has 0 aliphatic rings. The van der Waals surface area contributed by atoms with E-state index in [0.29, 0.717) is 16.6 Å². The molecular formula is C14H16N4O2S2. The Hall–Kier alpha value is -2.19. The lowest BCUT2D eigenvalue weighted by molar-refractivity contribution is 0.355. The van der Waals surface area contributed by atoms with Gasteiger partial charge in [0.1, 0.15) is 0 Å². The third kappa shape index (κ3) is 4.40. The number of aryl methyl sites for hydroxylation is 1. The summed E-state index contributed by atoms with van der Waals surface area (Å²) >= 11 is 6.74. The third-order valence-electron chi connectivity index (χ3n) is 2.64. The van der Waals surface area contributed by atoms with Gasteiger partial charge in [-0.3, -0.25) is 5.43 Å². The number of thiazole rings is 1. The quantitative estimate of drug-likeness (QED) is 0.497. The summed E-state index contributed by atoms with van der Waals surface area (Å²) in [4.78, 5) is 4.27. The molecule has 1 heterocycles. The SMILES string of the molecule is COc1ccc(NC(=S)N/N=C\c2csc(C)n2)cc1OC. The first-order valence-electron chi connectivity index (χ1n) is 6.36. The third-order valence-corrected chi connectivity index (χ3v) is 3.63. The minimum absolute atomic E-state index is 0.371. The van der Waals surface area contributed by atoms with E-state index >= 15 is 0 Å². The van der Waals surface area contributed by atoms with Crippen LogP contribution >= 0.6 is 23.6 Å². The second-order valence-corrected chi connectivity index (χ2v) is 5.66. The van der Waals surface area contributed by atoms with Gasteiger partial charge in [-0.15, -0.1) is 11.3 Å². The smallest absolute Gasteiger partial charge is 0.191 e. The molecule has 2 rings (SSSR count). The molecule has 1 aromatic carbocycles. The maximum absolute atomic E-state index is 5.23. The van der Waals surface area contributed by atoms with Crippen molar-refractivity contribution in [2.24, 2.45) is 5.10 Å². The maximum atomic E-state index is 5.23. The summed E-state index contributed by atoms with van der Waals surface area (Å²) in [6.07, 6.45) is 1.62. The number of benzene rings is 1. The number of ether oxygens (including phenoxy) is 2. The molecule has 0 amide bonds. The number of nitrogens with zero attached hydrogens (tertiary/aromatic N) is 2. The molecule has 22 heavy (non-hydrogen) atoms. The Bertz CT molecular complexity index is 685. The van der Waals surface area contributed by atoms with Crippen molar-refractivity contribution in [3.05, 3.63) is 34.3 Å². The molecule has 6 nitrogen and oxygen atoms in total. The highest BCUT2D eigenvalue weighted by atomic mass is 32.1. The molecule has 0 saturated heterocycles. The summed E-state index contributed by atoms with van der Waals surface area (Å²) < 4.78 is 10.4. The van der Waals surface area contributed by atoms with E-state index in [1.165, 1.54) is 0 Å². The fourth-order valence-electron chi connectivity index (χ4n) is 1.67. The van der Waals surface area contributed by atoms with Crippen LogP contribution in [-0.2, 0) is 0 Å². The summed E-state index contributed by atoms with van der Waals surface area (Å²) in [6.45, 7) is 1.94. The predicted molar refractivity (Wildman–Crippen MR) is 93.3 cm³/mol. The van der Waals surface area contributed by atoms with Gasteiger partial charge in [0.15, 0.2) is 16.6 Å². The molecule has 0 saturated carbocycles. The number of aromatic nitrogens is 1. The molecule has 8 heteroatoms. The van der Waals surface area contributed by atoms with E-state index in [1.54, 1.807) is 43.9 Å². The van der Waals surface area contributed by atoms with E-state index in [4.69, 9.17) is 21.7 Å². The lowest BCUT2D eigenvalue weighted by Crippen LogP contribution is -2.23. The lowest BCUT2D eigenvalue weighted by atomic mass is 10.3. The molecule has 2 N–H and O–H groups in total. The van der Waals surface area contributed by atoms with E-state index in [0.717, 1.165) is 16.4 Å². The Morgan fingerprint density at radius 2 is 2.09 bits per heavy atom. The maximum Gasteiger partial charge on any atom is 0.191 e. The van der Waals surface area contributed by atoms with E-state index in [1.807, 2.05) is 18.4 Å². The van der Waals surface area contributed by atoms with E-state index in [9.17, 15) is 0 Å². The average molecular weight is 336 g/mol. The van der Waals surface area contributed by atoms with Crippen LogP contribution in [-0.4, -0.2) is 30.5 Å². The van der Waals surface area contributed by atoms with Crippen molar-refractivity contribution in [3.8, 4) is 11.5 Å². The molecule has 0 aliphatic heterocycles. The van der Waals surface area contributed by atoms with Gasteiger partial charge in [0.25, 0.3) is 0 Å². The number of anilines is 1. The topological polar surface area (TPSA) is 67.8 Å². The molecule has 0 spiro atoms. The molecule has 0 bridgehead atoms. The summed E-state index contributed by atoms with van der Waals surface area (Å²) in [5.41, 5.74) is 4.31. The zero-order valence-electron chi connectivity index (χ0n) is 12.4. The normalized spacial score (nSPS) is 10.5. The number of rotatable bonds is 5. The van der Waals surface area contributed by atoms with Crippen LogP contribution in [0.4, 0.5) is 5.69 Å². The van der Waals surface area contributed by atoms with Gasteiger partial charge in [-0.2, -0.15) is 5.10 Å². The van der Waals surface area contributed by atoms with Crippen LogP contribution in [0.1, 0.15) is 10.7 Å².